The van der Waals surface area contributed by atoms with Gasteiger partial charge >= 0.3 is 0 Å². The highest BCUT2D eigenvalue weighted by Crippen LogP contribution is 2.36. The third kappa shape index (κ3) is 4.69. The van der Waals surface area contributed by atoms with Gasteiger partial charge in [-0.2, -0.15) is 0 Å². The second kappa shape index (κ2) is 7.46. The summed E-state index contributed by atoms with van der Waals surface area (Å²) >= 11 is 0. The first-order valence-electron chi connectivity index (χ1n) is 9.39. The molecule has 0 spiro atoms. The van der Waals surface area contributed by atoms with E-state index in [0.717, 1.165) is 30.5 Å². The molecule has 1 aliphatic carbocycles. The molecular weight excluding hydrogens is 256 g/mol. The zero-order chi connectivity index (χ0) is 15.5. The Kier molecular flexibility index (Phi) is 6.14. The zero-order valence-electron chi connectivity index (χ0n) is 15.1. The van der Waals surface area contributed by atoms with Gasteiger partial charge in [-0.05, 0) is 75.4 Å². The lowest BCUT2D eigenvalue weighted by Gasteiger charge is -2.42. The number of rotatable bonds is 3. The molecule has 0 aromatic carbocycles. The van der Waals surface area contributed by atoms with Crippen molar-refractivity contribution in [2.24, 2.45) is 17.3 Å². The quantitative estimate of drug-likeness (QED) is 0.835. The van der Waals surface area contributed by atoms with Crippen molar-refractivity contribution in [3.8, 4) is 0 Å². The molecule has 2 heteroatoms. The normalized spacial score (nSPS) is 36.4. The van der Waals surface area contributed by atoms with Crippen LogP contribution < -0.4 is 5.32 Å². The number of nitrogens with zero attached hydrogens (tertiary/aromatic N) is 1. The monoisotopic (exact) mass is 294 g/mol. The third-order valence-electron chi connectivity index (χ3n) is 6.00. The van der Waals surface area contributed by atoms with Crippen LogP contribution in [0.15, 0.2) is 0 Å². The lowest BCUT2D eigenvalue weighted by atomic mass is 9.76. The first-order valence-corrected chi connectivity index (χ1v) is 9.39. The van der Waals surface area contributed by atoms with Crippen LogP contribution in [0.2, 0.25) is 0 Å². The molecule has 4 unspecified atom stereocenters. The van der Waals surface area contributed by atoms with E-state index in [4.69, 9.17) is 0 Å². The Morgan fingerprint density at radius 2 is 1.81 bits per heavy atom. The molecule has 0 aromatic rings. The lowest BCUT2D eigenvalue weighted by Crippen LogP contribution is -2.53. The van der Waals surface area contributed by atoms with Gasteiger partial charge in [0.15, 0.2) is 0 Å². The summed E-state index contributed by atoms with van der Waals surface area (Å²) in [5.74, 6) is 1.81. The van der Waals surface area contributed by atoms with Crippen molar-refractivity contribution in [1.82, 2.24) is 10.2 Å². The summed E-state index contributed by atoms with van der Waals surface area (Å²) in [6.07, 6.45) is 8.40. The minimum Gasteiger partial charge on any atom is -0.313 e. The van der Waals surface area contributed by atoms with Crippen molar-refractivity contribution in [3.63, 3.8) is 0 Å². The summed E-state index contributed by atoms with van der Waals surface area (Å²) in [5.41, 5.74) is 0.483. The second-order valence-electron chi connectivity index (χ2n) is 8.68. The Bertz CT molecular complexity index is 307. The van der Waals surface area contributed by atoms with Crippen LogP contribution in [0.5, 0.6) is 0 Å². The van der Waals surface area contributed by atoms with Crippen LogP contribution in [-0.2, 0) is 0 Å². The zero-order valence-corrected chi connectivity index (χ0v) is 15.1. The highest BCUT2D eigenvalue weighted by Gasteiger charge is 2.35. The fourth-order valence-electron chi connectivity index (χ4n) is 4.57. The Balaban J connectivity index is 1.98. The van der Waals surface area contributed by atoms with Gasteiger partial charge in [-0.3, -0.25) is 4.90 Å². The van der Waals surface area contributed by atoms with E-state index in [1.165, 1.54) is 51.6 Å². The molecule has 2 fully saturated rings. The first kappa shape index (κ1) is 17.3. The number of nitrogens with one attached hydrogen (secondary N) is 1. The Labute approximate surface area is 133 Å². The fraction of sp³-hybridized carbons (Fsp3) is 1.00. The van der Waals surface area contributed by atoms with Gasteiger partial charge in [0.25, 0.3) is 0 Å². The summed E-state index contributed by atoms with van der Waals surface area (Å²) in [6, 6.07) is 1.52. The van der Waals surface area contributed by atoms with E-state index < -0.39 is 0 Å². The van der Waals surface area contributed by atoms with Crippen LogP contribution >= 0.6 is 0 Å². The highest BCUT2D eigenvalue weighted by atomic mass is 15.2. The van der Waals surface area contributed by atoms with Crippen molar-refractivity contribution in [2.75, 3.05) is 19.6 Å². The molecule has 2 rings (SSSR count). The van der Waals surface area contributed by atoms with Crippen LogP contribution in [-0.4, -0.2) is 36.6 Å². The maximum Gasteiger partial charge on any atom is 0.0251 e. The van der Waals surface area contributed by atoms with Crippen LogP contribution in [0.4, 0.5) is 0 Å². The SMILES string of the molecule is CCNC1CCC(C)CC1N1CCCC(C(C)(C)C)CC1. The smallest absolute Gasteiger partial charge is 0.0251 e. The summed E-state index contributed by atoms with van der Waals surface area (Å²) in [6.45, 7) is 15.8. The van der Waals surface area contributed by atoms with Gasteiger partial charge in [0, 0.05) is 12.1 Å². The average molecular weight is 295 g/mol. The molecule has 2 nitrogen and oxygen atoms in total. The molecule has 1 saturated heterocycles. The maximum absolute atomic E-state index is 3.77. The largest absolute Gasteiger partial charge is 0.313 e. The van der Waals surface area contributed by atoms with Crippen molar-refractivity contribution >= 4 is 0 Å². The molecule has 0 aromatic heterocycles. The van der Waals surface area contributed by atoms with Crippen molar-refractivity contribution in [2.45, 2.75) is 85.2 Å². The van der Waals surface area contributed by atoms with Gasteiger partial charge in [0.1, 0.15) is 0 Å². The predicted molar refractivity (Wildman–Crippen MR) is 92.6 cm³/mol. The predicted octanol–water partition coefficient (Wildman–Crippen LogP) is 4.30. The molecular formula is C19H38N2. The average Bonchev–Trinajstić information content (AvgIpc) is 2.66. The molecule has 4 atom stereocenters. The Morgan fingerprint density at radius 1 is 1.05 bits per heavy atom. The topological polar surface area (TPSA) is 15.3 Å². The summed E-state index contributed by atoms with van der Waals surface area (Å²) in [4.78, 5) is 2.84. The highest BCUT2D eigenvalue weighted by molar-refractivity contribution is 4.92. The van der Waals surface area contributed by atoms with Crippen LogP contribution in [0.3, 0.4) is 0 Å². The van der Waals surface area contributed by atoms with Gasteiger partial charge < -0.3 is 5.32 Å². The van der Waals surface area contributed by atoms with E-state index in [1.54, 1.807) is 0 Å². The van der Waals surface area contributed by atoms with Gasteiger partial charge in [0.05, 0.1) is 0 Å². The Morgan fingerprint density at radius 3 is 2.48 bits per heavy atom. The molecule has 2 aliphatic rings. The molecule has 124 valence electrons. The van der Waals surface area contributed by atoms with Crippen LogP contribution in [0.25, 0.3) is 0 Å². The van der Waals surface area contributed by atoms with E-state index in [2.05, 4.69) is 44.8 Å². The molecule has 1 heterocycles. The molecule has 21 heavy (non-hydrogen) atoms. The number of likely N-dealkylation sites (tertiary alicyclic amines) is 1. The van der Waals surface area contributed by atoms with E-state index in [9.17, 15) is 0 Å². The van der Waals surface area contributed by atoms with E-state index in [0.29, 0.717) is 5.41 Å². The Hall–Kier alpha value is -0.0800. The number of likely N-dealkylation sites (N-methyl/N-ethyl adjacent to an activating group) is 1. The molecule has 1 N–H and O–H groups in total. The maximum atomic E-state index is 3.77. The number of hydrogen-bond donors (Lipinski definition) is 1. The van der Waals surface area contributed by atoms with E-state index in [1.807, 2.05) is 0 Å². The standard InChI is InChI=1S/C19H38N2/c1-6-20-17-10-9-15(2)14-18(17)21-12-7-8-16(11-13-21)19(3,4)5/h15-18,20H,6-14H2,1-5H3. The first-order chi connectivity index (χ1) is 9.91. The summed E-state index contributed by atoms with van der Waals surface area (Å²) in [7, 11) is 0. The van der Waals surface area contributed by atoms with Gasteiger partial charge in [-0.1, -0.05) is 34.6 Å². The van der Waals surface area contributed by atoms with E-state index in [-0.39, 0.29) is 0 Å². The van der Waals surface area contributed by atoms with Crippen molar-refractivity contribution in [1.29, 1.82) is 0 Å². The van der Waals surface area contributed by atoms with Crippen LogP contribution in [0, 0.1) is 17.3 Å². The van der Waals surface area contributed by atoms with Crippen molar-refractivity contribution < 1.29 is 0 Å². The van der Waals surface area contributed by atoms with Crippen LogP contribution in [0.1, 0.15) is 73.1 Å². The molecule has 0 bridgehead atoms. The minimum atomic E-state index is 0.483. The molecule has 1 aliphatic heterocycles. The molecule has 0 amide bonds. The summed E-state index contributed by atoms with van der Waals surface area (Å²) in [5, 5.41) is 3.77. The van der Waals surface area contributed by atoms with Gasteiger partial charge in [-0.15, -0.1) is 0 Å². The lowest BCUT2D eigenvalue weighted by molar-refractivity contribution is 0.101. The fourth-order valence-corrected chi connectivity index (χ4v) is 4.57. The van der Waals surface area contributed by atoms with Gasteiger partial charge in [-0.25, -0.2) is 0 Å². The van der Waals surface area contributed by atoms with E-state index >= 15 is 0 Å². The van der Waals surface area contributed by atoms with Gasteiger partial charge in [0.2, 0.25) is 0 Å². The number of hydrogen-bond acceptors (Lipinski definition) is 2. The minimum absolute atomic E-state index is 0.483. The van der Waals surface area contributed by atoms with Crippen molar-refractivity contribution in [3.05, 3.63) is 0 Å². The summed E-state index contributed by atoms with van der Waals surface area (Å²) < 4.78 is 0. The second-order valence-corrected chi connectivity index (χ2v) is 8.68. The third-order valence-corrected chi connectivity index (χ3v) is 6.00. The molecule has 1 saturated carbocycles. The molecule has 0 radical (unpaired) electrons.